The number of nitro benzene ring substituents is 2. The zero-order valence-corrected chi connectivity index (χ0v) is 14.5. The van der Waals surface area contributed by atoms with Gasteiger partial charge in [-0.15, -0.1) is 0 Å². The maximum atomic E-state index is 10.6. The van der Waals surface area contributed by atoms with Gasteiger partial charge in [0.15, 0.2) is 0 Å². The summed E-state index contributed by atoms with van der Waals surface area (Å²) < 4.78 is 9.81. The number of methoxy groups -OCH3 is 2. The highest BCUT2D eigenvalue weighted by Crippen LogP contribution is 2.30. The third kappa shape index (κ3) is 5.39. The molecule has 2 aromatic rings. The topological polar surface area (TPSA) is 179 Å². The van der Waals surface area contributed by atoms with Crippen molar-refractivity contribution in [1.29, 1.82) is 0 Å². The first-order valence-corrected chi connectivity index (χ1v) is 7.23. The van der Waals surface area contributed by atoms with Crippen LogP contribution in [0.4, 0.5) is 11.4 Å². The molecule has 0 amide bonds. The summed E-state index contributed by atoms with van der Waals surface area (Å²) in [7, 11) is 2.95. The zero-order valence-electron chi connectivity index (χ0n) is 14.5. The highest BCUT2D eigenvalue weighted by Gasteiger charge is 2.31. The molecule has 0 aliphatic heterocycles. The molecule has 0 fully saturated rings. The van der Waals surface area contributed by atoms with Gasteiger partial charge >= 0.3 is 23.3 Å². The second kappa shape index (κ2) is 9.47. The maximum absolute atomic E-state index is 10.6. The Morgan fingerprint density at radius 3 is 1.79 bits per heavy atom. The Labute approximate surface area is 156 Å². The van der Waals surface area contributed by atoms with Crippen molar-refractivity contribution < 1.29 is 39.1 Å². The molecule has 12 heteroatoms. The van der Waals surface area contributed by atoms with E-state index >= 15 is 0 Å². The number of carbonyl (C=O) groups is 2. The van der Waals surface area contributed by atoms with E-state index in [2.05, 4.69) is 0 Å². The van der Waals surface area contributed by atoms with E-state index in [1.165, 1.54) is 26.4 Å². The zero-order chi connectivity index (χ0) is 21.4. The van der Waals surface area contributed by atoms with Gasteiger partial charge in [-0.2, -0.15) is 0 Å². The fourth-order valence-electron chi connectivity index (χ4n) is 1.97. The van der Waals surface area contributed by atoms with E-state index in [9.17, 15) is 29.8 Å². The van der Waals surface area contributed by atoms with Crippen molar-refractivity contribution in [2.45, 2.75) is 0 Å². The Morgan fingerprint density at radius 1 is 0.893 bits per heavy atom. The van der Waals surface area contributed by atoms with Crippen LogP contribution in [0.5, 0.6) is 11.5 Å². The van der Waals surface area contributed by atoms with E-state index in [0.717, 1.165) is 18.2 Å². The van der Waals surface area contributed by atoms with Crippen LogP contribution in [0.3, 0.4) is 0 Å². The van der Waals surface area contributed by atoms with Gasteiger partial charge in [0.25, 0.3) is 0 Å². The van der Waals surface area contributed by atoms with Crippen LogP contribution >= 0.6 is 0 Å². The number of carboxylic acids is 2. The van der Waals surface area contributed by atoms with Crippen molar-refractivity contribution in [3.63, 3.8) is 0 Å². The van der Waals surface area contributed by atoms with Crippen molar-refractivity contribution >= 4 is 23.3 Å². The average molecular weight is 394 g/mol. The third-order valence-corrected chi connectivity index (χ3v) is 3.22. The molecule has 0 unspecified atom stereocenters. The second-order valence-corrected chi connectivity index (χ2v) is 4.90. The maximum Gasteiger partial charge on any atom is 0.360 e. The van der Waals surface area contributed by atoms with Crippen LogP contribution in [0, 0.1) is 20.2 Å². The number of carboxylic acid groups (broad SMARTS) is 2. The molecule has 0 bridgehead atoms. The van der Waals surface area contributed by atoms with Crippen molar-refractivity contribution in [2.24, 2.45) is 0 Å². The first-order chi connectivity index (χ1) is 13.1. The largest absolute Gasteiger partial charge is 0.497 e. The van der Waals surface area contributed by atoms with Crippen LogP contribution in [0.15, 0.2) is 36.4 Å². The van der Waals surface area contributed by atoms with Crippen LogP contribution in [-0.4, -0.2) is 46.2 Å². The van der Waals surface area contributed by atoms with Crippen molar-refractivity contribution in [2.75, 3.05) is 14.2 Å². The highest BCUT2D eigenvalue weighted by atomic mass is 16.6. The van der Waals surface area contributed by atoms with Gasteiger partial charge < -0.3 is 19.7 Å². The minimum Gasteiger partial charge on any atom is -0.497 e. The molecule has 0 saturated heterocycles. The lowest BCUT2D eigenvalue weighted by molar-refractivity contribution is -0.422. The van der Waals surface area contributed by atoms with Gasteiger partial charge in [-0.05, 0) is 18.2 Å². The number of nitro groups is 2. The summed E-state index contributed by atoms with van der Waals surface area (Å²) in [6.45, 7) is 0. The fourth-order valence-corrected chi connectivity index (χ4v) is 1.97. The number of rotatable bonds is 6. The van der Waals surface area contributed by atoms with Crippen LogP contribution < -0.4 is 9.47 Å². The Balaban J connectivity index is 0.000000283. The number of ether oxygens (including phenoxy) is 2. The minimum atomic E-state index is -1.58. The smallest absolute Gasteiger partial charge is 0.360 e. The lowest BCUT2D eigenvalue weighted by atomic mass is 10.1. The molecule has 0 spiro atoms. The molecule has 0 saturated carbocycles. The Kier molecular flexibility index (Phi) is 7.38. The molecule has 2 rings (SSSR count). The van der Waals surface area contributed by atoms with Gasteiger partial charge in [0.05, 0.1) is 29.6 Å². The van der Waals surface area contributed by atoms with Crippen molar-refractivity contribution in [1.82, 2.24) is 0 Å². The molecular weight excluding hydrogens is 380 g/mol. The predicted octanol–water partition coefficient (Wildman–Crippen LogP) is 2.60. The van der Waals surface area contributed by atoms with E-state index in [4.69, 9.17) is 19.7 Å². The molecule has 148 valence electrons. The predicted molar refractivity (Wildman–Crippen MR) is 93.2 cm³/mol. The summed E-state index contributed by atoms with van der Waals surface area (Å²) in [4.78, 5) is 40.0. The summed E-state index contributed by atoms with van der Waals surface area (Å²) in [6.07, 6.45) is 0. The van der Waals surface area contributed by atoms with Crippen LogP contribution in [-0.2, 0) is 0 Å². The molecule has 0 atom stereocenters. The summed E-state index contributed by atoms with van der Waals surface area (Å²) in [5.41, 5.74) is -2.39. The van der Waals surface area contributed by atoms with Crippen LogP contribution in [0.25, 0.3) is 0 Å². The molecule has 2 N–H and O–H groups in total. The molecule has 0 aromatic heterocycles. The van der Waals surface area contributed by atoms with E-state index in [1.54, 1.807) is 6.07 Å². The van der Waals surface area contributed by atoms with E-state index in [0.29, 0.717) is 11.5 Å². The summed E-state index contributed by atoms with van der Waals surface area (Å²) in [5, 5.41) is 38.2. The number of aromatic carboxylic acids is 2. The lowest BCUT2D eigenvalue weighted by Crippen LogP contribution is -2.05. The SMILES string of the molecule is COc1cc(OC)cc(C(=O)O)c1.O=C(O)c1cccc([N+](=O)[O-])c1[N+](=O)[O-]. The number of para-hydroxylation sites is 1. The van der Waals surface area contributed by atoms with Gasteiger partial charge in [0.2, 0.25) is 0 Å². The molecule has 0 aliphatic carbocycles. The second-order valence-electron chi connectivity index (χ2n) is 4.90. The minimum absolute atomic E-state index is 0.149. The molecule has 12 nitrogen and oxygen atoms in total. The summed E-state index contributed by atoms with van der Waals surface area (Å²) in [5.74, 6) is -1.64. The molecule has 0 aliphatic rings. The number of benzene rings is 2. The van der Waals surface area contributed by atoms with Crippen molar-refractivity contribution in [3.05, 3.63) is 67.8 Å². The molecule has 0 radical (unpaired) electrons. The fraction of sp³-hybridized carbons (Fsp3) is 0.125. The first kappa shape index (κ1) is 21.8. The molecule has 0 heterocycles. The Morgan fingerprint density at radius 2 is 1.43 bits per heavy atom. The quantitative estimate of drug-likeness (QED) is 0.546. The molecule has 2 aromatic carbocycles. The van der Waals surface area contributed by atoms with Gasteiger partial charge in [0.1, 0.15) is 17.1 Å². The molecule has 28 heavy (non-hydrogen) atoms. The first-order valence-electron chi connectivity index (χ1n) is 7.23. The van der Waals surface area contributed by atoms with Gasteiger partial charge in [-0.1, -0.05) is 6.07 Å². The number of hydrogen-bond donors (Lipinski definition) is 2. The van der Waals surface area contributed by atoms with Crippen LogP contribution in [0.2, 0.25) is 0 Å². The highest BCUT2D eigenvalue weighted by molar-refractivity contribution is 5.94. The number of nitrogens with zero attached hydrogens (tertiary/aromatic N) is 2. The monoisotopic (exact) mass is 394 g/mol. The summed E-state index contributed by atoms with van der Waals surface area (Å²) >= 11 is 0. The third-order valence-electron chi connectivity index (χ3n) is 3.22. The van der Waals surface area contributed by atoms with Gasteiger partial charge in [-0.25, -0.2) is 9.59 Å². The Bertz CT molecular complexity index is 871. The average Bonchev–Trinajstić information content (AvgIpc) is 2.66. The standard InChI is InChI=1S/C9H10O4.C7H4N2O6/c1-12-7-3-6(9(10)11)4-8(5-7)13-2;10-7(11)4-2-1-3-5(8(12)13)6(4)9(14)15/h3-5H,1-2H3,(H,10,11);1-3H,(H,10,11). The normalized spacial score (nSPS) is 9.50. The summed E-state index contributed by atoms with van der Waals surface area (Å²) in [6, 6.07) is 7.38. The number of hydrogen-bond acceptors (Lipinski definition) is 8. The van der Waals surface area contributed by atoms with Crippen LogP contribution in [0.1, 0.15) is 20.7 Å². The lowest BCUT2D eigenvalue weighted by Gasteiger charge is -2.05. The van der Waals surface area contributed by atoms with Crippen molar-refractivity contribution in [3.8, 4) is 11.5 Å². The van der Waals surface area contributed by atoms with E-state index < -0.39 is 38.7 Å². The Hall–Kier alpha value is -4.22. The van der Waals surface area contributed by atoms with Gasteiger partial charge in [-0.3, -0.25) is 20.2 Å². The van der Waals surface area contributed by atoms with E-state index in [-0.39, 0.29) is 5.56 Å². The van der Waals surface area contributed by atoms with Gasteiger partial charge in [0, 0.05) is 12.1 Å². The molecular formula is C16H14N2O10. The van der Waals surface area contributed by atoms with E-state index in [1.807, 2.05) is 0 Å².